The van der Waals surface area contributed by atoms with E-state index in [1.165, 1.54) is 0 Å². The Morgan fingerprint density at radius 2 is 2.18 bits per heavy atom. The fraction of sp³-hybridized carbons (Fsp3) is 0.462. The van der Waals surface area contributed by atoms with Crippen molar-refractivity contribution in [3.63, 3.8) is 0 Å². The summed E-state index contributed by atoms with van der Waals surface area (Å²) in [6, 6.07) is 7.80. The summed E-state index contributed by atoms with van der Waals surface area (Å²) in [6.07, 6.45) is 2.80. The normalized spacial score (nSPS) is 19.2. The predicted octanol–water partition coefficient (Wildman–Crippen LogP) is 2.29. The summed E-state index contributed by atoms with van der Waals surface area (Å²) in [7, 11) is 0. The Hall–Kier alpha value is -0.870. The number of carbonyl (C=O) groups is 1. The van der Waals surface area contributed by atoms with Crippen LogP contribution in [0.2, 0.25) is 0 Å². The number of hydrogen-bond donors (Lipinski definition) is 1. The Morgan fingerprint density at radius 1 is 1.41 bits per heavy atom. The second-order valence-electron chi connectivity index (χ2n) is 4.24. The average molecular weight is 298 g/mol. The molecule has 1 aliphatic rings. The summed E-state index contributed by atoms with van der Waals surface area (Å²) in [6.45, 7) is 1.46. The summed E-state index contributed by atoms with van der Waals surface area (Å²) < 4.78 is 6.48. The van der Waals surface area contributed by atoms with E-state index < -0.39 is 0 Å². The average Bonchev–Trinajstić information content (AvgIpc) is 2.83. The van der Waals surface area contributed by atoms with Crippen LogP contribution in [0.3, 0.4) is 0 Å². The lowest BCUT2D eigenvalue weighted by atomic mass is 10.1. The van der Waals surface area contributed by atoms with Crippen molar-refractivity contribution in [3.8, 4) is 0 Å². The summed E-state index contributed by atoms with van der Waals surface area (Å²) in [5.41, 5.74) is 1.03. The van der Waals surface area contributed by atoms with E-state index in [9.17, 15) is 4.79 Å². The molecule has 0 radical (unpaired) electrons. The van der Waals surface area contributed by atoms with Crippen LogP contribution in [-0.2, 0) is 16.0 Å². The van der Waals surface area contributed by atoms with Crippen LogP contribution in [0, 0.1) is 0 Å². The number of hydrogen-bond acceptors (Lipinski definition) is 2. The van der Waals surface area contributed by atoms with Crippen molar-refractivity contribution >= 4 is 21.8 Å². The topological polar surface area (TPSA) is 38.3 Å². The molecule has 4 heteroatoms. The highest BCUT2D eigenvalue weighted by Gasteiger charge is 2.15. The van der Waals surface area contributed by atoms with Crippen molar-refractivity contribution in [1.82, 2.24) is 5.32 Å². The monoisotopic (exact) mass is 297 g/mol. The lowest BCUT2D eigenvalue weighted by Crippen LogP contribution is -2.32. The van der Waals surface area contributed by atoms with Gasteiger partial charge in [-0.1, -0.05) is 28.1 Å². The number of benzene rings is 1. The molecule has 1 atom stereocenters. The second-order valence-corrected chi connectivity index (χ2v) is 5.16. The highest BCUT2D eigenvalue weighted by Crippen LogP contribution is 2.12. The molecule has 1 amide bonds. The Labute approximate surface area is 110 Å². The number of nitrogens with one attached hydrogen (secondary N) is 1. The molecule has 92 valence electrons. The quantitative estimate of drug-likeness (QED) is 0.926. The molecule has 1 aromatic rings. The first-order valence-corrected chi connectivity index (χ1v) is 6.66. The SMILES string of the molecule is O=C(Cc1ccc(Br)cc1)NCC1CCCO1. The van der Waals surface area contributed by atoms with E-state index in [4.69, 9.17) is 4.74 Å². The third kappa shape index (κ3) is 4.13. The third-order valence-corrected chi connectivity index (χ3v) is 3.36. The largest absolute Gasteiger partial charge is 0.376 e. The molecule has 1 fully saturated rings. The van der Waals surface area contributed by atoms with Gasteiger partial charge in [0.2, 0.25) is 5.91 Å². The van der Waals surface area contributed by atoms with Crippen molar-refractivity contribution in [2.24, 2.45) is 0 Å². The molecule has 1 heterocycles. The van der Waals surface area contributed by atoms with Gasteiger partial charge in [0.15, 0.2) is 0 Å². The number of halogens is 1. The van der Waals surface area contributed by atoms with Gasteiger partial charge in [-0.15, -0.1) is 0 Å². The maximum Gasteiger partial charge on any atom is 0.224 e. The Balaban J connectivity index is 1.74. The Morgan fingerprint density at radius 3 is 2.82 bits per heavy atom. The van der Waals surface area contributed by atoms with Gasteiger partial charge >= 0.3 is 0 Å². The zero-order valence-corrected chi connectivity index (χ0v) is 11.2. The van der Waals surface area contributed by atoms with Crippen LogP contribution in [0.1, 0.15) is 18.4 Å². The molecular formula is C13H16BrNO2. The molecular weight excluding hydrogens is 282 g/mol. The molecule has 1 N–H and O–H groups in total. The van der Waals surface area contributed by atoms with Crippen LogP contribution in [0.5, 0.6) is 0 Å². The van der Waals surface area contributed by atoms with Crippen LogP contribution in [0.4, 0.5) is 0 Å². The zero-order valence-electron chi connectivity index (χ0n) is 9.62. The van der Waals surface area contributed by atoms with Crippen molar-refractivity contribution in [2.45, 2.75) is 25.4 Å². The van der Waals surface area contributed by atoms with Crippen LogP contribution in [0.25, 0.3) is 0 Å². The lowest BCUT2D eigenvalue weighted by Gasteiger charge is -2.10. The number of ether oxygens (including phenoxy) is 1. The Kier molecular flexibility index (Phi) is 4.57. The molecule has 1 unspecified atom stereocenters. The molecule has 3 nitrogen and oxygen atoms in total. The van der Waals surface area contributed by atoms with Crippen LogP contribution in [-0.4, -0.2) is 25.2 Å². The van der Waals surface area contributed by atoms with E-state index >= 15 is 0 Å². The van der Waals surface area contributed by atoms with Crippen LogP contribution < -0.4 is 5.32 Å². The van der Waals surface area contributed by atoms with E-state index in [2.05, 4.69) is 21.2 Å². The van der Waals surface area contributed by atoms with Gasteiger partial charge in [-0.05, 0) is 30.5 Å². The fourth-order valence-electron chi connectivity index (χ4n) is 1.88. The van der Waals surface area contributed by atoms with Gasteiger partial charge in [0, 0.05) is 17.6 Å². The van der Waals surface area contributed by atoms with Crippen LogP contribution >= 0.6 is 15.9 Å². The van der Waals surface area contributed by atoms with Gasteiger partial charge in [0.25, 0.3) is 0 Å². The zero-order chi connectivity index (χ0) is 12.1. The van der Waals surface area contributed by atoms with Crippen molar-refractivity contribution < 1.29 is 9.53 Å². The first-order chi connectivity index (χ1) is 8.24. The third-order valence-electron chi connectivity index (χ3n) is 2.83. The van der Waals surface area contributed by atoms with E-state index in [1.54, 1.807) is 0 Å². The molecule has 1 saturated heterocycles. The maximum absolute atomic E-state index is 11.7. The molecule has 1 aliphatic heterocycles. The fourth-order valence-corrected chi connectivity index (χ4v) is 2.15. The van der Waals surface area contributed by atoms with Crippen molar-refractivity contribution in [2.75, 3.05) is 13.2 Å². The minimum absolute atomic E-state index is 0.0582. The summed E-state index contributed by atoms with van der Waals surface area (Å²) >= 11 is 3.37. The van der Waals surface area contributed by atoms with Gasteiger partial charge in [-0.25, -0.2) is 0 Å². The van der Waals surface area contributed by atoms with Gasteiger partial charge in [0.1, 0.15) is 0 Å². The summed E-state index contributed by atoms with van der Waals surface area (Å²) in [4.78, 5) is 11.7. The summed E-state index contributed by atoms with van der Waals surface area (Å²) in [5, 5.41) is 2.91. The maximum atomic E-state index is 11.7. The highest BCUT2D eigenvalue weighted by molar-refractivity contribution is 9.10. The van der Waals surface area contributed by atoms with E-state index in [1.807, 2.05) is 24.3 Å². The van der Waals surface area contributed by atoms with E-state index in [0.717, 1.165) is 29.5 Å². The van der Waals surface area contributed by atoms with Crippen LogP contribution in [0.15, 0.2) is 28.7 Å². The van der Waals surface area contributed by atoms with Gasteiger partial charge in [-0.2, -0.15) is 0 Å². The molecule has 0 saturated carbocycles. The Bertz CT molecular complexity index is 372. The summed E-state index contributed by atoms with van der Waals surface area (Å²) in [5.74, 6) is 0.0582. The number of rotatable bonds is 4. The minimum atomic E-state index is 0.0582. The molecule has 0 spiro atoms. The minimum Gasteiger partial charge on any atom is -0.376 e. The second kappa shape index (κ2) is 6.17. The standard InChI is InChI=1S/C13H16BrNO2/c14-11-5-3-10(4-6-11)8-13(16)15-9-12-2-1-7-17-12/h3-6,12H,1-2,7-9H2,(H,15,16). The van der Waals surface area contributed by atoms with Crippen molar-refractivity contribution in [3.05, 3.63) is 34.3 Å². The van der Waals surface area contributed by atoms with Gasteiger partial charge < -0.3 is 10.1 Å². The lowest BCUT2D eigenvalue weighted by molar-refractivity contribution is -0.120. The van der Waals surface area contributed by atoms with Crippen molar-refractivity contribution in [1.29, 1.82) is 0 Å². The molecule has 0 aromatic heterocycles. The predicted molar refractivity (Wildman–Crippen MR) is 69.8 cm³/mol. The van der Waals surface area contributed by atoms with Gasteiger partial charge in [0.05, 0.1) is 12.5 Å². The number of carbonyl (C=O) groups excluding carboxylic acids is 1. The first-order valence-electron chi connectivity index (χ1n) is 5.87. The smallest absolute Gasteiger partial charge is 0.224 e. The highest BCUT2D eigenvalue weighted by atomic mass is 79.9. The van der Waals surface area contributed by atoms with E-state index in [-0.39, 0.29) is 12.0 Å². The first kappa shape index (κ1) is 12.6. The van der Waals surface area contributed by atoms with E-state index in [0.29, 0.717) is 13.0 Å². The molecule has 0 aliphatic carbocycles. The molecule has 17 heavy (non-hydrogen) atoms. The molecule has 1 aromatic carbocycles. The van der Waals surface area contributed by atoms with Gasteiger partial charge in [-0.3, -0.25) is 4.79 Å². The molecule has 2 rings (SSSR count). The molecule has 0 bridgehead atoms. The number of amides is 1.